The molecule has 0 amide bonds. The van der Waals surface area contributed by atoms with E-state index in [-0.39, 0.29) is 17.6 Å². The highest BCUT2D eigenvalue weighted by molar-refractivity contribution is 7.16. The van der Waals surface area contributed by atoms with Gasteiger partial charge < -0.3 is 10.5 Å². The van der Waals surface area contributed by atoms with E-state index in [9.17, 15) is 4.39 Å². The van der Waals surface area contributed by atoms with E-state index < -0.39 is 5.82 Å². The molecule has 0 radical (unpaired) electrons. The lowest BCUT2D eigenvalue weighted by molar-refractivity contribution is 0.430. The minimum atomic E-state index is -0.400. The molecular formula is C13H10FN3OS. The Balaban J connectivity index is 2.10. The van der Waals surface area contributed by atoms with Crippen molar-refractivity contribution in [2.45, 2.75) is 6.92 Å². The van der Waals surface area contributed by atoms with E-state index in [0.717, 1.165) is 10.2 Å². The Morgan fingerprint density at radius 1 is 1.26 bits per heavy atom. The van der Waals surface area contributed by atoms with Gasteiger partial charge in [-0.05, 0) is 30.0 Å². The minimum absolute atomic E-state index is 0.109. The standard InChI is InChI=1S/C13H10FN3OS/c1-7-3-2-4-9(10(7)14)18-11-8-5-6-19-12(8)17-13(15)16-11/h2-6H,1H3,(H2,15,16,17). The second-order valence-electron chi connectivity index (χ2n) is 4.02. The Kier molecular flexibility index (Phi) is 2.79. The van der Waals surface area contributed by atoms with Gasteiger partial charge in [0.15, 0.2) is 11.6 Å². The van der Waals surface area contributed by atoms with E-state index in [4.69, 9.17) is 10.5 Å². The smallest absolute Gasteiger partial charge is 0.233 e. The molecule has 0 fully saturated rings. The van der Waals surface area contributed by atoms with Crippen molar-refractivity contribution < 1.29 is 9.13 Å². The third-order valence-electron chi connectivity index (χ3n) is 2.67. The molecule has 0 aliphatic heterocycles. The first-order valence-electron chi connectivity index (χ1n) is 5.59. The molecule has 0 saturated carbocycles. The Bertz CT molecular complexity index is 757. The van der Waals surface area contributed by atoms with Crippen LogP contribution in [-0.4, -0.2) is 9.97 Å². The largest absolute Gasteiger partial charge is 0.435 e. The number of halogens is 1. The van der Waals surface area contributed by atoms with Crippen molar-refractivity contribution in [3.63, 3.8) is 0 Å². The van der Waals surface area contributed by atoms with Crippen LogP contribution in [0.25, 0.3) is 10.2 Å². The van der Waals surface area contributed by atoms with E-state index in [1.165, 1.54) is 11.3 Å². The van der Waals surface area contributed by atoms with Crippen LogP contribution >= 0.6 is 11.3 Å². The number of anilines is 1. The summed E-state index contributed by atoms with van der Waals surface area (Å²) in [7, 11) is 0. The number of ether oxygens (including phenoxy) is 1. The maximum Gasteiger partial charge on any atom is 0.233 e. The summed E-state index contributed by atoms with van der Waals surface area (Å²) in [5.74, 6) is 0.111. The average molecular weight is 275 g/mol. The lowest BCUT2D eigenvalue weighted by Crippen LogP contribution is -1.98. The molecule has 96 valence electrons. The molecule has 0 bridgehead atoms. The van der Waals surface area contributed by atoms with Crippen LogP contribution in [0.1, 0.15) is 5.56 Å². The van der Waals surface area contributed by atoms with Crippen LogP contribution in [0.5, 0.6) is 11.6 Å². The van der Waals surface area contributed by atoms with Crippen LogP contribution in [0.15, 0.2) is 29.6 Å². The predicted octanol–water partition coefficient (Wildman–Crippen LogP) is 3.51. The summed E-state index contributed by atoms with van der Waals surface area (Å²) in [6, 6.07) is 6.78. The van der Waals surface area contributed by atoms with Crippen LogP contribution in [0.4, 0.5) is 10.3 Å². The lowest BCUT2D eigenvalue weighted by Gasteiger charge is -2.08. The highest BCUT2D eigenvalue weighted by Gasteiger charge is 2.12. The zero-order valence-electron chi connectivity index (χ0n) is 10.1. The fraction of sp³-hybridized carbons (Fsp3) is 0.0769. The fourth-order valence-electron chi connectivity index (χ4n) is 1.73. The van der Waals surface area contributed by atoms with Gasteiger partial charge in [0.1, 0.15) is 4.83 Å². The van der Waals surface area contributed by atoms with Gasteiger partial charge in [-0.1, -0.05) is 12.1 Å². The van der Waals surface area contributed by atoms with Gasteiger partial charge in [0, 0.05) is 0 Å². The number of benzene rings is 1. The number of aromatic nitrogens is 2. The van der Waals surface area contributed by atoms with E-state index in [1.807, 2.05) is 11.4 Å². The highest BCUT2D eigenvalue weighted by atomic mass is 32.1. The molecule has 6 heteroatoms. The summed E-state index contributed by atoms with van der Waals surface area (Å²) < 4.78 is 19.5. The minimum Gasteiger partial charge on any atom is -0.435 e. The number of nitrogen functional groups attached to an aromatic ring is 1. The van der Waals surface area contributed by atoms with Crippen LogP contribution in [0, 0.1) is 12.7 Å². The molecule has 19 heavy (non-hydrogen) atoms. The van der Waals surface area contributed by atoms with Gasteiger partial charge in [0.2, 0.25) is 11.8 Å². The molecule has 1 aromatic carbocycles. The summed E-state index contributed by atoms with van der Waals surface area (Å²) in [5, 5.41) is 2.58. The number of hydrogen-bond donors (Lipinski definition) is 1. The molecule has 0 unspecified atom stereocenters. The molecule has 4 nitrogen and oxygen atoms in total. The summed E-state index contributed by atoms with van der Waals surface area (Å²) in [4.78, 5) is 8.83. The van der Waals surface area contributed by atoms with E-state index in [0.29, 0.717) is 5.56 Å². The van der Waals surface area contributed by atoms with E-state index in [1.54, 1.807) is 25.1 Å². The van der Waals surface area contributed by atoms with Crippen LogP contribution in [-0.2, 0) is 0 Å². The number of nitrogens with zero attached hydrogens (tertiary/aromatic N) is 2. The number of fused-ring (bicyclic) bond motifs is 1. The lowest BCUT2D eigenvalue weighted by atomic mass is 10.2. The zero-order chi connectivity index (χ0) is 13.4. The average Bonchev–Trinajstić information content (AvgIpc) is 2.83. The monoisotopic (exact) mass is 275 g/mol. The third-order valence-corrected chi connectivity index (χ3v) is 3.48. The van der Waals surface area contributed by atoms with Gasteiger partial charge in [-0.2, -0.15) is 4.98 Å². The molecule has 3 rings (SSSR count). The summed E-state index contributed by atoms with van der Waals surface area (Å²) in [6.07, 6.45) is 0. The second kappa shape index (κ2) is 4.47. The van der Waals surface area contributed by atoms with Gasteiger partial charge in [0.25, 0.3) is 0 Å². The number of aryl methyl sites for hydroxylation is 1. The van der Waals surface area contributed by atoms with Gasteiger partial charge in [0.05, 0.1) is 5.39 Å². The fourth-order valence-corrected chi connectivity index (χ4v) is 2.49. The summed E-state index contributed by atoms with van der Waals surface area (Å²) >= 11 is 1.43. The maximum atomic E-state index is 13.9. The molecule has 3 aromatic rings. The first-order valence-corrected chi connectivity index (χ1v) is 6.47. The maximum absolute atomic E-state index is 13.9. The molecule has 0 aliphatic rings. The van der Waals surface area contributed by atoms with Crippen LogP contribution in [0.2, 0.25) is 0 Å². The van der Waals surface area contributed by atoms with Gasteiger partial charge >= 0.3 is 0 Å². The molecule has 2 N–H and O–H groups in total. The topological polar surface area (TPSA) is 61.0 Å². The first-order chi connectivity index (χ1) is 9.15. The quantitative estimate of drug-likeness (QED) is 0.777. The Hall–Kier alpha value is -2.21. The summed E-state index contributed by atoms with van der Waals surface area (Å²) in [6.45, 7) is 1.68. The SMILES string of the molecule is Cc1cccc(Oc2nc(N)nc3sccc23)c1F. The molecule has 2 aromatic heterocycles. The van der Waals surface area contributed by atoms with Crippen LogP contribution in [0.3, 0.4) is 0 Å². The zero-order valence-corrected chi connectivity index (χ0v) is 10.9. The van der Waals surface area contributed by atoms with Gasteiger partial charge in [-0.3, -0.25) is 0 Å². The number of nitrogens with two attached hydrogens (primary N) is 1. The van der Waals surface area contributed by atoms with E-state index >= 15 is 0 Å². The Morgan fingerprint density at radius 2 is 2.11 bits per heavy atom. The third kappa shape index (κ3) is 2.10. The van der Waals surface area contributed by atoms with Crippen molar-refractivity contribution in [3.8, 4) is 11.6 Å². The van der Waals surface area contributed by atoms with Gasteiger partial charge in [-0.25, -0.2) is 9.37 Å². The van der Waals surface area contributed by atoms with Gasteiger partial charge in [-0.15, -0.1) is 11.3 Å². The normalized spacial score (nSPS) is 10.8. The van der Waals surface area contributed by atoms with E-state index in [2.05, 4.69) is 9.97 Å². The number of rotatable bonds is 2. The first kappa shape index (κ1) is 11.9. The Morgan fingerprint density at radius 3 is 2.95 bits per heavy atom. The number of hydrogen-bond acceptors (Lipinski definition) is 5. The van der Waals surface area contributed by atoms with Crippen LogP contribution < -0.4 is 10.5 Å². The number of thiophene rings is 1. The van der Waals surface area contributed by atoms with Crippen molar-refractivity contribution >= 4 is 27.5 Å². The molecule has 2 heterocycles. The van der Waals surface area contributed by atoms with Crippen molar-refractivity contribution in [3.05, 3.63) is 41.0 Å². The van der Waals surface area contributed by atoms with Crippen molar-refractivity contribution in [2.75, 3.05) is 5.73 Å². The Labute approximate surface area is 112 Å². The van der Waals surface area contributed by atoms with Crippen molar-refractivity contribution in [2.24, 2.45) is 0 Å². The highest BCUT2D eigenvalue weighted by Crippen LogP contribution is 2.32. The second-order valence-corrected chi connectivity index (χ2v) is 4.91. The molecular weight excluding hydrogens is 265 g/mol. The molecule has 0 saturated heterocycles. The van der Waals surface area contributed by atoms with Crippen molar-refractivity contribution in [1.82, 2.24) is 9.97 Å². The molecule has 0 aliphatic carbocycles. The molecule has 0 atom stereocenters. The predicted molar refractivity (Wildman–Crippen MR) is 73.0 cm³/mol. The molecule has 0 spiro atoms. The van der Waals surface area contributed by atoms with Crippen molar-refractivity contribution in [1.29, 1.82) is 0 Å². The summed E-state index contributed by atoms with van der Waals surface area (Å²) in [5.41, 5.74) is 6.13.